The van der Waals surface area contributed by atoms with Crippen molar-refractivity contribution in [1.29, 1.82) is 0 Å². The van der Waals surface area contributed by atoms with E-state index in [-0.39, 0.29) is 17.3 Å². The van der Waals surface area contributed by atoms with Crippen molar-refractivity contribution < 1.29 is 18.4 Å². The Morgan fingerprint density at radius 3 is 2.00 bits per heavy atom. The van der Waals surface area contributed by atoms with Crippen LogP contribution >= 0.6 is 0 Å². The third-order valence-electron chi connectivity index (χ3n) is 2.84. The van der Waals surface area contributed by atoms with E-state index in [0.29, 0.717) is 16.9 Å². The first-order chi connectivity index (χ1) is 9.98. The van der Waals surface area contributed by atoms with Gasteiger partial charge in [0, 0.05) is 11.6 Å². The molecule has 118 valence electrons. The van der Waals surface area contributed by atoms with Gasteiger partial charge in [-0.1, -0.05) is 6.07 Å². The van der Waals surface area contributed by atoms with E-state index in [0.717, 1.165) is 0 Å². The molecule has 0 spiro atoms. The van der Waals surface area contributed by atoms with E-state index in [1.54, 1.807) is 18.2 Å². The molecule has 0 saturated heterocycles. The van der Waals surface area contributed by atoms with E-state index in [2.05, 4.69) is 0 Å². The molecule has 4 nitrogen and oxygen atoms in total. The van der Waals surface area contributed by atoms with Gasteiger partial charge >= 0.3 is 0 Å². The zero-order valence-electron chi connectivity index (χ0n) is 13.9. The summed E-state index contributed by atoms with van der Waals surface area (Å²) in [6.07, 6.45) is 1.31. The Hall–Kier alpha value is -1.67. The molecule has 2 rings (SSSR count). The molecule has 0 N–H and O–H groups in total. The zero-order valence-corrected chi connectivity index (χ0v) is 15.9. The van der Waals surface area contributed by atoms with Crippen LogP contribution in [-0.2, 0) is 4.43 Å². The average molecular weight is 335 g/mol. The third-order valence-corrected chi connectivity index (χ3v) is 4.50. The van der Waals surface area contributed by atoms with Gasteiger partial charge in [-0.15, -0.1) is 0 Å². The summed E-state index contributed by atoms with van der Waals surface area (Å²) in [6.45, 7) is 12.1. The summed E-state index contributed by atoms with van der Waals surface area (Å²) in [7, 11) is -3.83. The van der Waals surface area contributed by atoms with Crippen LogP contribution in [-0.4, -0.2) is 28.2 Å². The Bertz CT molecular complexity index is 664. The molecule has 0 unspecified atom stereocenters. The van der Waals surface area contributed by atoms with E-state index < -0.39 is 16.6 Å². The molecule has 0 bridgehead atoms. The number of ketones is 2. The van der Waals surface area contributed by atoms with Crippen LogP contribution in [0.2, 0.25) is 39.3 Å². The highest BCUT2D eigenvalue weighted by Gasteiger charge is 2.33. The first kappa shape index (κ1) is 16.7. The minimum atomic E-state index is -1.95. The van der Waals surface area contributed by atoms with Gasteiger partial charge in [-0.05, 0) is 51.4 Å². The number of carbonyl (C=O) groups excluding carboxylic acids is 2. The lowest BCUT2D eigenvalue weighted by Gasteiger charge is -2.26. The SMILES string of the molecule is C[Si](C)(C)OC1=CC(=O)c2c(O[Si](C)(C)C)cccc2C1=O. The lowest BCUT2D eigenvalue weighted by Crippen LogP contribution is -2.32. The molecule has 0 heterocycles. The van der Waals surface area contributed by atoms with E-state index in [9.17, 15) is 9.59 Å². The minimum absolute atomic E-state index is 0.154. The van der Waals surface area contributed by atoms with Gasteiger partial charge in [0.25, 0.3) is 0 Å². The largest absolute Gasteiger partial charge is 0.544 e. The number of benzene rings is 1. The van der Waals surface area contributed by atoms with Gasteiger partial charge in [0.1, 0.15) is 5.75 Å². The maximum absolute atomic E-state index is 12.6. The van der Waals surface area contributed by atoms with Crippen LogP contribution in [0.5, 0.6) is 5.75 Å². The summed E-state index contributed by atoms with van der Waals surface area (Å²) in [6, 6.07) is 5.16. The highest BCUT2D eigenvalue weighted by atomic mass is 28.4. The first-order valence-corrected chi connectivity index (χ1v) is 14.1. The van der Waals surface area contributed by atoms with Crippen molar-refractivity contribution in [3.8, 4) is 5.75 Å². The second kappa shape index (κ2) is 5.51. The fourth-order valence-corrected chi connectivity index (χ4v) is 3.83. The molecule has 22 heavy (non-hydrogen) atoms. The summed E-state index contributed by atoms with van der Waals surface area (Å²) in [4.78, 5) is 25.1. The van der Waals surface area contributed by atoms with Crippen molar-refractivity contribution in [2.75, 3.05) is 0 Å². The van der Waals surface area contributed by atoms with E-state index >= 15 is 0 Å². The zero-order chi connectivity index (χ0) is 16.7. The smallest absolute Gasteiger partial charge is 0.242 e. The Morgan fingerprint density at radius 1 is 0.864 bits per heavy atom. The van der Waals surface area contributed by atoms with Gasteiger partial charge in [-0.3, -0.25) is 9.59 Å². The van der Waals surface area contributed by atoms with Gasteiger partial charge in [-0.2, -0.15) is 0 Å². The maximum atomic E-state index is 12.6. The standard InChI is InChI=1S/C16H22O4Si2/c1-21(2,3)19-13-9-7-8-11-15(13)12(17)10-14(16(11)18)20-22(4,5)6/h7-10H,1-6H3. The molecule has 0 amide bonds. The summed E-state index contributed by atoms with van der Waals surface area (Å²) in [5, 5.41) is 0. The highest BCUT2D eigenvalue weighted by molar-refractivity contribution is 6.70. The molecule has 0 aromatic heterocycles. The fourth-order valence-electron chi connectivity index (χ4n) is 2.18. The van der Waals surface area contributed by atoms with E-state index in [1.165, 1.54) is 6.08 Å². The summed E-state index contributed by atoms with van der Waals surface area (Å²) < 4.78 is 11.7. The predicted molar refractivity (Wildman–Crippen MR) is 91.6 cm³/mol. The Labute approximate surface area is 133 Å². The molecule has 6 heteroatoms. The van der Waals surface area contributed by atoms with Gasteiger partial charge in [0.15, 0.2) is 11.5 Å². The van der Waals surface area contributed by atoms with Gasteiger partial charge < -0.3 is 8.85 Å². The molecule has 0 saturated carbocycles. The predicted octanol–water partition coefficient (Wildman–Crippen LogP) is 4.01. The second-order valence-electron chi connectivity index (χ2n) is 7.31. The monoisotopic (exact) mass is 334 g/mol. The van der Waals surface area contributed by atoms with Crippen LogP contribution in [0.1, 0.15) is 20.7 Å². The average Bonchev–Trinajstić information content (AvgIpc) is 2.31. The van der Waals surface area contributed by atoms with Gasteiger partial charge in [0.2, 0.25) is 22.4 Å². The van der Waals surface area contributed by atoms with Crippen molar-refractivity contribution in [2.45, 2.75) is 39.3 Å². The number of Topliss-reactive ketones (excluding diaryl/α,β-unsaturated/α-hetero) is 1. The molecule has 0 radical (unpaired) electrons. The molecule has 1 aliphatic carbocycles. The molecule has 0 atom stereocenters. The minimum Gasteiger partial charge on any atom is -0.544 e. The topological polar surface area (TPSA) is 52.6 Å². The molecule has 0 fully saturated rings. The van der Waals surface area contributed by atoms with Gasteiger partial charge in [0.05, 0.1) is 5.56 Å². The van der Waals surface area contributed by atoms with Crippen molar-refractivity contribution in [3.63, 3.8) is 0 Å². The summed E-state index contributed by atoms with van der Waals surface area (Å²) in [5.41, 5.74) is 0.731. The first-order valence-electron chi connectivity index (χ1n) is 7.30. The lowest BCUT2D eigenvalue weighted by atomic mass is 9.93. The van der Waals surface area contributed by atoms with Crippen molar-refractivity contribution >= 4 is 28.2 Å². The van der Waals surface area contributed by atoms with Crippen molar-refractivity contribution in [1.82, 2.24) is 0 Å². The van der Waals surface area contributed by atoms with Crippen LogP contribution in [0.3, 0.4) is 0 Å². The lowest BCUT2D eigenvalue weighted by molar-refractivity contribution is 0.0943. The second-order valence-corrected chi connectivity index (χ2v) is 16.2. The Morgan fingerprint density at radius 2 is 1.45 bits per heavy atom. The number of fused-ring (bicyclic) bond motifs is 1. The maximum Gasteiger partial charge on any atom is 0.242 e. The molecule has 1 aromatic carbocycles. The fraction of sp³-hybridized carbons (Fsp3) is 0.375. The third kappa shape index (κ3) is 3.75. The molecule has 0 aliphatic heterocycles. The molecule has 1 aliphatic rings. The molecular weight excluding hydrogens is 312 g/mol. The van der Waals surface area contributed by atoms with Crippen LogP contribution in [0, 0.1) is 0 Å². The number of carbonyl (C=O) groups is 2. The summed E-state index contributed by atoms with van der Waals surface area (Å²) >= 11 is 0. The van der Waals surface area contributed by atoms with E-state index in [1.807, 2.05) is 39.3 Å². The number of allylic oxidation sites excluding steroid dienone is 2. The number of hydrogen-bond donors (Lipinski definition) is 0. The highest BCUT2D eigenvalue weighted by Crippen LogP contribution is 2.32. The quantitative estimate of drug-likeness (QED) is 0.781. The Kier molecular flexibility index (Phi) is 4.18. The number of hydrogen-bond acceptors (Lipinski definition) is 4. The van der Waals surface area contributed by atoms with Crippen molar-refractivity contribution in [2.24, 2.45) is 0 Å². The number of rotatable bonds is 4. The van der Waals surface area contributed by atoms with Gasteiger partial charge in [-0.25, -0.2) is 0 Å². The van der Waals surface area contributed by atoms with Crippen molar-refractivity contribution in [3.05, 3.63) is 41.2 Å². The molecule has 1 aromatic rings. The Balaban J connectivity index is 2.47. The van der Waals surface area contributed by atoms with E-state index in [4.69, 9.17) is 8.85 Å². The summed E-state index contributed by atoms with van der Waals surface area (Å²) in [5.74, 6) is 0.190. The normalized spacial score (nSPS) is 15.3. The van der Waals surface area contributed by atoms with Crippen LogP contribution < -0.4 is 4.43 Å². The van der Waals surface area contributed by atoms with Crippen LogP contribution in [0.25, 0.3) is 0 Å². The molecular formula is C16H22O4Si2. The van der Waals surface area contributed by atoms with Crippen LogP contribution in [0.4, 0.5) is 0 Å². The van der Waals surface area contributed by atoms with Crippen LogP contribution in [0.15, 0.2) is 30.0 Å².